The largest absolute Gasteiger partial charge is 0.325 e. The Morgan fingerprint density at radius 2 is 1.60 bits per heavy atom. The zero-order chi connectivity index (χ0) is 24.9. The summed E-state index contributed by atoms with van der Waals surface area (Å²) >= 11 is 13.4. The van der Waals surface area contributed by atoms with Crippen molar-refractivity contribution in [1.29, 1.82) is 0 Å². The minimum absolute atomic E-state index is 0.00364. The summed E-state index contributed by atoms with van der Waals surface area (Å²) in [7, 11) is 1.68. The molecule has 2 amide bonds. The van der Waals surface area contributed by atoms with Gasteiger partial charge < -0.3 is 10.6 Å². The number of ketones is 1. The Bertz CT molecular complexity index is 1260. The highest BCUT2D eigenvalue weighted by atomic mass is 35.5. The molecule has 4 rings (SSSR count). The lowest BCUT2D eigenvalue weighted by molar-refractivity contribution is -0.119. The highest BCUT2D eigenvalue weighted by Gasteiger charge is 2.27. The molecule has 0 saturated carbocycles. The van der Waals surface area contributed by atoms with Gasteiger partial charge in [0.25, 0.3) is 0 Å². The zero-order valence-corrected chi connectivity index (χ0v) is 21.5. The maximum absolute atomic E-state index is 13.3. The number of hydrogen-bond donors (Lipinski definition) is 2. The Labute approximate surface area is 218 Å². The summed E-state index contributed by atoms with van der Waals surface area (Å²) in [6.45, 7) is 0.000731. The molecule has 3 aromatic rings. The van der Waals surface area contributed by atoms with Crippen LogP contribution < -0.4 is 10.6 Å². The highest BCUT2D eigenvalue weighted by Crippen LogP contribution is 2.39. The first-order valence-electron chi connectivity index (χ1n) is 11.3. The van der Waals surface area contributed by atoms with E-state index in [0.29, 0.717) is 31.9 Å². The van der Waals surface area contributed by atoms with Crippen molar-refractivity contribution in [3.05, 3.63) is 80.1 Å². The smallest absolute Gasteiger partial charge is 0.239 e. The second-order valence-electron chi connectivity index (χ2n) is 8.51. The SMILES string of the molecule is CN(CC(=O)Nc1ccc(Cl)c(Cl)c1)CC(=O)Nc1sc2c(c1C(=O)c1ccccc1)CCCC2. The molecule has 0 atom stereocenters. The molecule has 0 radical (unpaired) electrons. The van der Waals surface area contributed by atoms with Crippen LogP contribution in [0, 0.1) is 0 Å². The van der Waals surface area contributed by atoms with Crippen LogP contribution in [0.5, 0.6) is 0 Å². The monoisotopic (exact) mass is 529 g/mol. The molecule has 9 heteroatoms. The Morgan fingerprint density at radius 3 is 2.31 bits per heavy atom. The van der Waals surface area contributed by atoms with Gasteiger partial charge in [-0.15, -0.1) is 11.3 Å². The lowest BCUT2D eigenvalue weighted by Gasteiger charge is -2.16. The number of nitrogens with one attached hydrogen (secondary N) is 2. The molecule has 6 nitrogen and oxygen atoms in total. The normalized spacial score (nSPS) is 12.8. The predicted molar refractivity (Wildman–Crippen MR) is 142 cm³/mol. The van der Waals surface area contributed by atoms with E-state index in [1.807, 2.05) is 18.2 Å². The first-order valence-corrected chi connectivity index (χ1v) is 12.9. The summed E-state index contributed by atoms with van der Waals surface area (Å²) in [5, 5.41) is 7.01. The fourth-order valence-corrected chi connectivity index (χ4v) is 5.72. The lowest BCUT2D eigenvalue weighted by Crippen LogP contribution is -2.36. The van der Waals surface area contributed by atoms with Gasteiger partial charge >= 0.3 is 0 Å². The van der Waals surface area contributed by atoms with E-state index in [1.54, 1.807) is 42.3 Å². The second kappa shape index (κ2) is 11.4. The maximum atomic E-state index is 13.3. The van der Waals surface area contributed by atoms with E-state index in [1.165, 1.54) is 16.2 Å². The van der Waals surface area contributed by atoms with Gasteiger partial charge in [-0.05, 0) is 56.5 Å². The van der Waals surface area contributed by atoms with Crippen molar-refractivity contribution < 1.29 is 14.4 Å². The third-order valence-electron chi connectivity index (χ3n) is 5.72. The van der Waals surface area contributed by atoms with E-state index in [0.717, 1.165) is 31.2 Å². The Kier molecular flexibility index (Phi) is 8.23. The quantitative estimate of drug-likeness (QED) is 0.368. The summed E-state index contributed by atoms with van der Waals surface area (Å²) in [4.78, 5) is 41.4. The van der Waals surface area contributed by atoms with E-state index in [9.17, 15) is 14.4 Å². The molecule has 0 saturated heterocycles. The van der Waals surface area contributed by atoms with Crippen LogP contribution in [-0.4, -0.2) is 42.6 Å². The number of carbonyl (C=O) groups excluding carboxylic acids is 3. The topological polar surface area (TPSA) is 78.5 Å². The van der Waals surface area contributed by atoms with E-state index in [4.69, 9.17) is 23.2 Å². The number of benzene rings is 2. The summed E-state index contributed by atoms with van der Waals surface area (Å²) < 4.78 is 0. The number of hydrogen-bond acceptors (Lipinski definition) is 5. The fraction of sp³-hybridized carbons (Fsp3) is 0.269. The molecule has 1 heterocycles. The van der Waals surface area contributed by atoms with Gasteiger partial charge in [0.05, 0.1) is 28.7 Å². The Morgan fingerprint density at radius 1 is 0.914 bits per heavy atom. The first kappa shape index (κ1) is 25.4. The number of carbonyl (C=O) groups is 3. The van der Waals surface area contributed by atoms with Gasteiger partial charge in [-0.3, -0.25) is 19.3 Å². The number of fused-ring (bicyclic) bond motifs is 1. The zero-order valence-electron chi connectivity index (χ0n) is 19.2. The lowest BCUT2D eigenvalue weighted by atomic mass is 9.92. The van der Waals surface area contributed by atoms with Crippen LogP contribution in [0.4, 0.5) is 10.7 Å². The van der Waals surface area contributed by atoms with Crippen LogP contribution in [0.15, 0.2) is 48.5 Å². The van der Waals surface area contributed by atoms with Crippen LogP contribution in [0.3, 0.4) is 0 Å². The molecule has 1 aromatic heterocycles. The molecular formula is C26H25Cl2N3O3S. The number of rotatable bonds is 8. The molecule has 0 fully saturated rings. The summed E-state index contributed by atoms with van der Waals surface area (Å²) in [6, 6.07) is 14.0. The number of halogens is 2. The van der Waals surface area contributed by atoms with Gasteiger partial charge in [0.1, 0.15) is 5.00 Å². The molecule has 0 unspecified atom stereocenters. The van der Waals surface area contributed by atoms with Gasteiger partial charge in [-0.2, -0.15) is 0 Å². The van der Waals surface area contributed by atoms with E-state index >= 15 is 0 Å². The molecule has 0 bridgehead atoms. The van der Waals surface area contributed by atoms with Gasteiger partial charge in [-0.25, -0.2) is 0 Å². The molecular weight excluding hydrogens is 505 g/mol. The molecule has 35 heavy (non-hydrogen) atoms. The molecule has 182 valence electrons. The van der Waals surface area contributed by atoms with Crippen LogP contribution >= 0.6 is 34.5 Å². The third kappa shape index (κ3) is 6.30. The predicted octanol–water partition coefficient (Wildman–Crippen LogP) is 5.67. The summed E-state index contributed by atoms with van der Waals surface area (Å²) in [5.41, 5.74) is 2.78. The Balaban J connectivity index is 1.42. The second-order valence-corrected chi connectivity index (χ2v) is 10.4. The van der Waals surface area contributed by atoms with E-state index in [2.05, 4.69) is 10.6 Å². The van der Waals surface area contributed by atoms with Gasteiger partial charge in [0, 0.05) is 16.1 Å². The minimum atomic E-state index is -0.287. The van der Waals surface area contributed by atoms with Gasteiger partial charge in [-0.1, -0.05) is 53.5 Å². The summed E-state index contributed by atoms with van der Waals surface area (Å²) in [5.74, 6) is -0.643. The number of anilines is 2. The summed E-state index contributed by atoms with van der Waals surface area (Å²) in [6.07, 6.45) is 3.86. The van der Waals surface area contributed by atoms with Crippen molar-refractivity contribution in [3.8, 4) is 0 Å². The van der Waals surface area contributed by atoms with Crippen LogP contribution in [0.2, 0.25) is 10.0 Å². The van der Waals surface area contributed by atoms with Crippen LogP contribution in [0.25, 0.3) is 0 Å². The molecule has 2 N–H and O–H groups in total. The van der Waals surface area contributed by atoms with Crippen molar-refractivity contribution in [2.45, 2.75) is 25.7 Å². The van der Waals surface area contributed by atoms with E-state index < -0.39 is 0 Å². The third-order valence-corrected chi connectivity index (χ3v) is 7.66. The standard InChI is InChI=1S/C26H25Cl2N3O3S/c1-31(14-22(32)29-17-11-12-19(27)20(28)13-17)15-23(33)30-26-24(18-9-5-6-10-21(18)35-26)25(34)16-7-3-2-4-8-16/h2-4,7-8,11-13H,5-6,9-10,14-15H2,1H3,(H,29,32)(H,30,33). The number of amides is 2. The molecule has 1 aliphatic rings. The van der Waals surface area contributed by atoms with Crippen molar-refractivity contribution in [2.75, 3.05) is 30.8 Å². The number of nitrogens with zero attached hydrogens (tertiary/aromatic N) is 1. The molecule has 2 aromatic carbocycles. The number of likely N-dealkylation sites (N-methyl/N-ethyl adjacent to an activating group) is 1. The number of thiophene rings is 1. The fourth-order valence-electron chi connectivity index (χ4n) is 4.11. The average molecular weight is 530 g/mol. The van der Waals surface area contributed by atoms with Crippen molar-refractivity contribution in [2.24, 2.45) is 0 Å². The van der Waals surface area contributed by atoms with Crippen molar-refractivity contribution in [1.82, 2.24) is 4.90 Å². The first-order chi connectivity index (χ1) is 16.8. The average Bonchev–Trinajstić information content (AvgIpc) is 3.18. The highest BCUT2D eigenvalue weighted by molar-refractivity contribution is 7.17. The van der Waals surface area contributed by atoms with Crippen LogP contribution in [0.1, 0.15) is 39.2 Å². The molecule has 1 aliphatic carbocycles. The van der Waals surface area contributed by atoms with Crippen molar-refractivity contribution in [3.63, 3.8) is 0 Å². The van der Waals surface area contributed by atoms with E-state index in [-0.39, 0.29) is 30.7 Å². The Hall–Kier alpha value is -2.71. The molecule has 0 spiro atoms. The minimum Gasteiger partial charge on any atom is -0.325 e. The number of aryl methyl sites for hydroxylation is 1. The molecule has 0 aliphatic heterocycles. The van der Waals surface area contributed by atoms with Crippen molar-refractivity contribution >= 4 is 62.8 Å². The maximum Gasteiger partial charge on any atom is 0.239 e. The van der Waals surface area contributed by atoms with Gasteiger partial charge in [0.15, 0.2) is 5.78 Å². The van der Waals surface area contributed by atoms with Gasteiger partial charge in [0.2, 0.25) is 11.8 Å². The van der Waals surface area contributed by atoms with Crippen LogP contribution in [-0.2, 0) is 22.4 Å².